The van der Waals surface area contributed by atoms with Crippen molar-refractivity contribution < 1.29 is 14.3 Å². The number of nitrogens with zero attached hydrogens (tertiary/aromatic N) is 5. The molecule has 184 valence electrons. The first-order chi connectivity index (χ1) is 17.1. The number of hydrogen-bond donors (Lipinski definition) is 2. The molecule has 1 aliphatic rings. The molecule has 5 rings (SSSR count). The molecule has 2 atom stereocenters. The van der Waals surface area contributed by atoms with Crippen LogP contribution in [0.2, 0.25) is 10.2 Å². The Balaban J connectivity index is 1.58. The van der Waals surface area contributed by atoms with E-state index in [1.807, 2.05) is 11.8 Å². The van der Waals surface area contributed by atoms with Crippen LogP contribution in [0.5, 0.6) is 0 Å². The van der Waals surface area contributed by atoms with Crippen molar-refractivity contribution in [2.45, 2.75) is 32.5 Å². The Bertz CT molecular complexity index is 1590. The van der Waals surface area contributed by atoms with Gasteiger partial charge < -0.3 is 15.3 Å². The van der Waals surface area contributed by atoms with Crippen molar-refractivity contribution in [1.82, 2.24) is 19.4 Å². The summed E-state index contributed by atoms with van der Waals surface area (Å²) in [6, 6.07) is 6.74. The maximum Gasteiger partial charge on any atom is 0.356 e. The molecular formula is C24H19Cl2FN6O3. The van der Waals surface area contributed by atoms with E-state index in [1.54, 1.807) is 13.0 Å². The first-order valence-corrected chi connectivity index (χ1v) is 11.7. The number of halogens is 3. The minimum atomic E-state index is -1.24. The molecule has 0 unspecified atom stereocenters. The van der Waals surface area contributed by atoms with Crippen LogP contribution in [0, 0.1) is 5.82 Å². The van der Waals surface area contributed by atoms with Gasteiger partial charge in [-0.2, -0.15) is 0 Å². The van der Waals surface area contributed by atoms with Crippen LogP contribution in [-0.4, -0.2) is 30.4 Å². The van der Waals surface area contributed by atoms with Gasteiger partial charge in [-0.25, -0.2) is 19.2 Å². The van der Waals surface area contributed by atoms with Crippen LogP contribution in [0.4, 0.5) is 15.9 Å². The summed E-state index contributed by atoms with van der Waals surface area (Å²) in [5.41, 5.74) is 1.99. The van der Waals surface area contributed by atoms with Gasteiger partial charge >= 0.3 is 5.97 Å². The predicted octanol–water partition coefficient (Wildman–Crippen LogP) is 4.88. The second-order valence-electron chi connectivity index (χ2n) is 8.46. The number of aromatic nitrogens is 4. The minimum Gasteiger partial charge on any atom is -0.476 e. The van der Waals surface area contributed by atoms with E-state index in [9.17, 15) is 19.1 Å². The van der Waals surface area contributed by atoms with Crippen molar-refractivity contribution in [2.75, 3.05) is 10.2 Å². The maximum atomic E-state index is 13.7. The number of pyridine rings is 3. The summed E-state index contributed by atoms with van der Waals surface area (Å²) in [4.78, 5) is 39.5. The lowest BCUT2D eigenvalue weighted by Gasteiger charge is -2.24. The third-order valence-electron chi connectivity index (χ3n) is 6.11. The number of aromatic carboxylic acids is 1. The van der Waals surface area contributed by atoms with E-state index in [2.05, 4.69) is 15.3 Å². The van der Waals surface area contributed by atoms with Crippen LogP contribution in [0.1, 0.15) is 53.2 Å². The van der Waals surface area contributed by atoms with Gasteiger partial charge in [-0.15, -0.1) is 0 Å². The highest BCUT2D eigenvalue weighted by Gasteiger charge is 2.30. The molecule has 36 heavy (non-hydrogen) atoms. The van der Waals surface area contributed by atoms with Crippen molar-refractivity contribution >= 4 is 46.3 Å². The molecule has 0 saturated heterocycles. The van der Waals surface area contributed by atoms with E-state index in [0.29, 0.717) is 28.6 Å². The SMILES string of the molecule is C[C@@H]1c2ncc(F)cc2CN1c1cc(=O)n2cc(Cl)cc([C@@H](C)Nc3ccc(Cl)nc3C(=O)O)c2n1. The lowest BCUT2D eigenvalue weighted by Crippen LogP contribution is -2.25. The normalized spacial score (nSPS) is 15.7. The Hall–Kier alpha value is -3.76. The molecule has 2 N–H and O–H groups in total. The molecule has 9 nitrogen and oxygen atoms in total. The van der Waals surface area contributed by atoms with Gasteiger partial charge in [0.1, 0.15) is 22.4 Å². The van der Waals surface area contributed by atoms with E-state index in [0.717, 1.165) is 11.3 Å². The van der Waals surface area contributed by atoms with E-state index in [-0.39, 0.29) is 28.1 Å². The van der Waals surface area contributed by atoms with Crippen molar-refractivity contribution in [3.05, 3.63) is 91.6 Å². The van der Waals surface area contributed by atoms with Crippen molar-refractivity contribution in [2.24, 2.45) is 0 Å². The number of carboxylic acids is 1. The number of carbonyl (C=O) groups is 1. The molecule has 0 radical (unpaired) electrons. The second kappa shape index (κ2) is 9.03. The Morgan fingerprint density at radius 3 is 2.78 bits per heavy atom. The summed E-state index contributed by atoms with van der Waals surface area (Å²) >= 11 is 12.2. The van der Waals surface area contributed by atoms with E-state index >= 15 is 0 Å². The van der Waals surface area contributed by atoms with Gasteiger partial charge in [0.05, 0.1) is 34.7 Å². The van der Waals surface area contributed by atoms with Crippen LogP contribution in [0.15, 0.2) is 47.5 Å². The van der Waals surface area contributed by atoms with Crippen molar-refractivity contribution in [3.63, 3.8) is 0 Å². The highest BCUT2D eigenvalue weighted by molar-refractivity contribution is 6.30. The molecule has 0 fully saturated rings. The molecule has 4 aromatic rings. The number of hydrogen-bond acceptors (Lipinski definition) is 7. The van der Waals surface area contributed by atoms with Crippen molar-refractivity contribution in [1.29, 1.82) is 0 Å². The summed E-state index contributed by atoms with van der Waals surface area (Å²) < 4.78 is 15.1. The van der Waals surface area contributed by atoms with Crippen LogP contribution in [0.25, 0.3) is 5.65 Å². The molecule has 0 spiro atoms. The Morgan fingerprint density at radius 2 is 2.03 bits per heavy atom. The minimum absolute atomic E-state index is 0.0479. The van der Waals surface area contributed by atoms with Gasteiger partial charge in [0.25, 0.3) is 5.56 Å². The van der Waals surface area contributed by atoms with Crippen molar-refractivity contribution in [3.8, 4) is 0 Å². The highest BCUT2D eigenvalue weighted by Crippen LogP contribution is 2.36. The van der Waals surface area contributed by atoms with Gasteiger partial charge in [0.2, 0.25) is 0 Å². The molecule has 0 aliphatic carbocycles. The second-order valence-corrected chi connectivity index (χ2v) is 9.29. The molecule has 0 bridgehead atoms. The fraction of sp³-hybridized carbons (Fsp3) is 0.208. The standard InChI is InChI=1S/C24H19Cl2FN6O3/c1-11(29-17-3-4-18(26)30-22(17)24(35)36)16-6-14(25)10-33-20(34)7-19(31-23(16)33)32-9-13-5-15(27)8-28-21(13)12(32)2/h3-8,10-12,29H,9H2,1-2H3,(H,35,36)/t11-,12-/m1/s1. The maximum absolute atomic E-state index is 13.7. The topological polar surface area (TPSA) is 113 Å². The van der Waals surface area contributed by atoms with Crippen LogP contribution in [0.3, 0.4) is 0 Å². The summed E-state index contributed by atoms with van der Waals surface area (Å²) in [6.45, 7) is 4.04. The van der Waals surface area contributed by atoms with Crippen LogP contribution in [-0.2, 0) is 6.54 Å². The predicted molar refractivity (Wildman–Crippen MR) is 134 cm³/mol. The van der Waals surface area contributed by atoms with E-state index in [4.69, 9.17) is 28.2 Å². The summed E-state index contributed by atoms with van der Waals surface area (Å²) in [7, 11) is 0. The Labute approximate surface area is 214 Å². The number of fused-ring (bicyclic) bond motifs is 2. The highest BCUT2D eigenvalue weighted by atomic mass is 35.5. The van der Waals surface area contributed by atoms with Gasteiger partial charge in [-0.3, -0.25) is 14.2 Å². The molecule has 0 aromatic carbocycles. The van der Waals surface area contributed by atoms with E-state index in [1.165, 1.54) is 41.1 Å². The Kier molecular flexibility index (Phi) is 6.01. The summed E-state index contributed by atoms with van der Waals surface area (Å²) in [5.74, 6) is -1.27. The fourth-order valence-electron chi connectivity index (χ4n) is 4.41. The third kappa shape index (κ3) is 4.22. The third-order valence-corrected chi connectivity index (χ3v) is 6.53. The van der Waals surface area contributed by atoms with Gasteiger partial charge in [0.15, 0.2) is 5.69 Å². The molecule has 4 aromatic heterocycles. The zero-order valence-corrected chi connectivity index (χ0v) is 20.5. The Morgan fingerprint density at radius 1 is 1.25 bits per heavy atom. The van der Waals surface area contributed by atoms with Gasteiger partial charge in [-0.1, -0.05) is 23.2 Å². The van der Waals surface area contributed by atoms with Crippen LogP contribution >= 0.6 is 23.2 Å². The zero-order valence-electron chi connectivity index (χ0n) is 19.0. The largest absolute Gasteiger partial charge is 0.476 e. The molecule has 0 saturated carbocycles. The first kappa shape index (κ1) is 24.0. The quantitative estimate of drug-likeness (QED) is 0.352. The monoisotopic (exact) mass is 528 g/mol. The number of carboxylic acid groups (broad SMARTS) is 1. The van der Waals surface area contributed by atoms with Gasteiger partial charge in [0, 0.05) is 24.4 Å². The van der Waals surface area contributed by atoms with Gasteiger partial charge in [-0.05, 0) is 43.7 Å². The van der Waals surface area contributed by atoms with E-state index < -0.39 is 17.8 Å². The molecule has 1 aliphatic heterocycles. The fourth-order valence-corrected chi connectivity index (χ4v) is 4.78. The number of nitrogens with one attached hydrogen (secondary N) is 1. The lowest BCUT2D eigenvalue weighted by atomic mass is 10.1. The zero-order chi connectivity index (χ0) is 25.7. The van der Waals surface area contributed by atoms with Crippen LogP contribution < -0.4 is 15.8 Å². The summed E-state index contributed by atoms with van der Waals surface area (Å²) in [6.07, 6.45) is 2.64. The molecule has 12 heteroatoms. The number of anilines is 2. The average Bonchev–Trinajstić information content (AvgIpc) is 3.15. The summed E-state index contributed by atoms with van der Waals surface area (Å²) in [5, 5.41) is 13.0. The number of rotatable bonds is 5. The molecule has 5 heterocycles. The molecular weight excluding hydrogens is 510 g/mol. The molecule has 0 amide bonds. The lowest BCUT2D eigenvalue weighted by molar-refractivity contribution is 0.0691. The average molecular weight is 529 g/mol. The first-order valence-electron chi connectivity index (χ1n) is 10.9. The smallest absolute Gasteiger partial charge is 0.356 e.